The summed E-state index contributed by atoms with van der Waals surface area (Å²) in [5.41, 5.74) is 0. The van der Waals surface area contributed by atoms with E-state index < -0.39 is 0 Å². The van der Waals surface area contributed by atoms with E-state index in [4.69, 9.17) is 0 Å². The van der Waals surface area contributed by atoms with Crippen molar-refractivity contribution < 1.29 is 21.1 Å². The minimum atomic E-state index is 0. The van der Waals surface area contributed by atoms with Gasteiger partial charge in [0.25, 0.3) is 0 Å². The van der Waals surface area contributed by atoms with Crippen molar-refractivity contribution in [1.82, 2.24) is 0 Å². The maximum Gasteiger partial charge on any atom is 0 e. The van der Waals surface area contributed by atoms with Gasteiger partial charge in [-0.2, -0.15) is 0 Å². The third kappa shape index (κ3) is 37.3. The van der Waals surface area contributed by atoms with Crippen LogP contribution in [0.4, 0.5) is 0 Å². The van der Waals surface area contributed by atoms with Crippen LogP contribution in [0.1, 0.15) is 0 Å². The maximum absolute atomic E-state index is 4.14. The van der Waals surface area contributed by atoms with E-state index in [1.165, 1.54) is 0 Å². The molecule has 0 aromatic carbocycles. The van der Waals surface area contributed by atoms with Gasteiger partial charge < -0.3 is 0 Å². The van der Waals surface area contributed by atoms with Crippen LogP contribution in [0.15, 0.2) is 0 Å². The summed E-state index contributed by atoms with van der Waals surface area (Å²) in [7, 11) is 0. The summed E-state index contributed by atoms with van der Waals surface area (Å²) < 4.78 is 0. The van der Waals surface area contributed by atoms with Crippen LogP contribution in [0.5, 0.6) is 0 Å². The Balaban J connectivity index is -0.0000000133. The van der Waals surface area contributed by atoms with Gasteiger partial charge in [-0.25, -0.2) is 10.5 Å². The molecule has 0 rings (SSSR count). The largest absolute Gasteiger partial charge is 0.247 e. The first-order chi connectivity index (χ1) is 2.00. The predicted octanol–water partition coefficient (Wildman–Crippen LogP) is 0.195. The molecule has 0 aromatic rings. The van der Waals surface area contributed by atoms with Crippen LogP contribution >= 0.6 is 23.6 Å². The maximum atomic E-state index is 4.14. The molecular weight excluding hydrogens is 294 g/mol. The molecule has 0 aliphatic carbocycles. The normalized spacial score (nSPS) is 2.40. The van der Waals surface area contributed by atoms with E-state index in [1.54, 1.807) is 0 Å². The number of hydrogen-bond acceptors (Lipinski definition) is 2. The Morgan fingerprint density at radius 2 is 0.800 bits per heavy atom. The Hall–Kier alpha value is 1.19. The topological polar surface area (TPSA) is 52.0 Å². The van der Waals surface area contributed by atoms with Gasteiger partial charge in [0.1, 0.15) is 0 Å². The van der Waals surface area contributed by atoms with Gasteiger partial charge in [-0.05, 0) is 23.6 Å². The van der Waals surface area contributed by atoms with E-state index in [9.17, 15) is 0 Å². The molecule has 0 aromatic heterocycles. The third-order valence-electron chi connectivity index (χ3n) is 0. The summed E-state index contributed by atoms with van der Waals surface area (Å²) in [4.78, 5) is 0. The third-order valence-corrected chi connectivity index (χ3v) is 0. The molecule has 0 amide bonds. The van der Waals surface area contributed by atoms with Gasteiger partial charge in [-0.3, -0.25) is 0 Å². The monoisotopic (exact) mass is 297 g/mol. The van der Waals surface area contributed by atoms with Crippen molar-refractivity contribution in [2.75, 3.05) is 0 Å². The first-order valence-corrected chi connectivity index (χ1v) is 1.31. The van der Waals surface area contributed by atoms with Crippen LogP contribution in [-0.4, -0.2) is 0 Å². The number of rotatable bonds is 0. The molecule has 0 spiro atoms. The van der Waals surface area contributed by atoms with Gasteiger partial charge in [0, 0.05) is 21.1 Å². The number of nitrogens with two attached hydrogens (primary N) is 2. The molecule has 0 aliphatic heterocycles. The molecule has 0 bridgehead atoms. The minimum absolute atomic E-state index is 0. The fourth-order valence-corrected chi connectivity index (χ4v) is 0. The molecule has 0 saturated heterocycles. The molecule has 0 heterocycles. The average Bonchev–Trinajstić information content (AvgIpc) is 1.50. The molecule has 4 N–H and O–H groups in total. The van der Waals surface area contributed by atoms with E-state index in [-0.39, 0.29) is 21.1 Å². The van der Waals surface area contributed by atoms with E-state index in [1.807, 2.05) is 0 Å². The quantitative estimate of drug-likeness (QED) is 0.628. The molecule has 38 valence electrons. The summed E-state index contributed by atoms with van der Waals surface area (Å²) in [6, 6.07) is 0. The Morgan fingerprint density at radius 3 is 0.800 bits per heavy atom. The van der Waals surface area contributed by atoms with Gasteiger partial charge in [0.15, 0.2) is 0 Å². The van der Waals surface area contributed by atoms with Crippen LogP contribution in [0.25, 0.3) is 0 Å². The molecule has 0 atom stereocenters. The van der Waals surface area contributed by atoms with Crippen molar-refractivity contribution in [2.45, 2.75) is 0 Å². The average molecular weight is 298 g/mol. The second-order valence-electron chi connectivity index (χ2n) is 0. The fraction of sp³-hybridized carbons (Fsp3) is 0. The van der Waals surface area contributed by atoms with E-state index >= 15 is 0 Å². The summed E-state index contributed by atoms with van der Waals surface area (Å²) >= 11 is 8.28. The molecular formula is H4Cl2N2Pt. The van der Waals surface area contributed by atoms with Gasteiger partial charge in [0.05, 0.1) is 0 Å². The minimum Gasteiger partial charge on any atom is -0.247 e. The van der Waals surface area contributed by atoms with Crippen molar-refractivity contribution in [3.05, 3.63) is 0 Å². The summed E-state index contributed by atoms with van der Waals surface area (Å²) in [5.74, 6) is 0. The number of hydrogen-bond donors (Lipinski definition) is 2. The van der Waals surface area contributed by atoms with Crippen molar-refractivity contribution in [3.8, 4) is 0 Å². The standard InChI is InChI=1S/2ClH2N.Pt/c2*1-2;/h2*2H2;. The predicted molar refractivity (Wildman–Crippen MR) is 20.1 cm³/mol. The van der Waals surface area contributed by atoms with E-state index in [0.29, 0.717) is 0 Å². The Kier molecular flexibility index (Phi) is 211. The molecule has 5 heteroatoms. The number of halogens is 2. The van der Waals surface area contributed by atoms with Crippen LogP contribution in [0, 0.1) is 0 Å². The Labute approximate surface area is 55.3 Å². The zero-order chi connectivity index (χ0) is 4.00. The van der Waals surface area contributed by atoms with E-state index in [0.717, 1.165) is 0 Å². The summed E-state index contributed by atoms with van der Waals surface area (Å²) in [5, 5.41) is 7.94. The van der Waals surface area contributed by atoms with Crippen LogP contribution in [-0.2, 0) is 21.1 Å². The Morgan fingerprint density at radius 1 is 0.800 bits per heavy atom. The molecule has 2 nitrogen and oxygen atoms in total. The van der Waals surface area contributed by atoms with Crippen molar-refractivity contribution in [3.63, 3.8) is 0 Å². The van der Waals surface area contributed by atoms with Gasteiger partial charge in [-0.1, -0.05) is 0 Å². The molecule has 0 aliphatic rings. The fourth-order valence-electron chi connectivity index (χ4n) is 0. The molecule has 0 radical (unpaired) electrons. The smallest absolute Gasteiger partial charge is 0 e. The molecule has 0 saturated carbocycles. The SMILES string of the molecule is NCl.NCl.[Pt]. The first kappa shape index (κ1) is 16.4. The van der Waals surface area contributed by atoms with Gasteiger partial charge in [-0.15, -0.1) is 0 Å². The second kappa shape index (κ2) is 64.5. The summed E-state index contributed by atoms with van der Waals surface area (Å²) in [6.07, 6.45) is 0. The zero-order valence-corrected chi connectivity index (χ0v) is 6.01. The summed E-state index contributed by atoms with van der Waals surface area (Å²) in [6.45, 7) is 0. The van der Waals surface area contributed by atoms with Crippen molar-refractivity contribution >= 4 is 23.6 Å². The zero-order valence-electron chi connectivity index (χ0n) is 2.23. The van der Waals surface area contributed by atoms with Gasteiger partial charge >= 0.3 is 0 Å². The Bertz CT molecular complexity index is 7.61. The van der Waals surface area contributed by atoms with Crippen LogP contribution in [0.2, 0.25) is 0 Å². The van der Waals surface area contributed by atoms with Crippen molar-refractivity contribution in [2.24, 2.45) is 10.5 Å². The first-order valence-electron chi connectivity index (χ1n) is 0.436. The van der Waals surface area contributed by atoms with Crippen LogP contribution < -0.4 is 10.5 Å². The van der Waals surface area contributed by atoms with Crippen LogP contribution in [0.3, 0.4) is 0 Å². The van der Waals surface area contributed by atoms with E-state index in [2.05, 4.69) is 34.1 Å². The molecule has 0 unspecified atom stereocenters. The van der Waals surface area contributed by atoms with Gasteiger partial charge in [0.2, 0.25) is 0 Å². The molecule has 5 heavy (non-hydrogen) atoms. The molecule has 0 fully saturated rings. The van der Waals surface area contributed by atoms with Crippen molar-refractivity contribution in [1.29, 1.82) is 0 Å². The second-order valence-corrected chi connectivity index (χ2v) is 0.